The molecule has 0 unspecified atom stereocenters. The first-order chi connectivity index (χ1) is 10.5. The third-order valence-electron chi connectivity index (χ3n) is 8.05. The Bertz CT molecular complexity index is 487. The van der Waals surface area contributed by atoms with Crippen LogP contribution in [0.4, 0.5) is 0 Å². The van der Waals surface area contributed by atoms with E-state index in [0.717, 1.165) is 44.9 Å². The number of fused-ring (bicyclic) bond motifs is 5. The predicted octanol–water partition coefficient (Wildman–Crippen LogP) is 2.64. The van der Waals surface area contributed by atoms with Crippen LogP contribution in [-0.2, 0) is 0 Å². The maximum Gasteiger partial charge on any atom is 0.0724 e. The van der Waals surface area contributed by atoms with Gasteiger partial charge in [0.15, 0.2) is 0 Å². The maximum absolute atomic E-state index is 10.5. The SMILES string of the molecule is C[C@]12CC[C@H]3[C@@H](CCC4=C[C@H](O)CC[C@@]43CO)[C@@H]1CC[C@@H]2O. The molecule has 124 valence electrons. The third kappa shape index (κ3) is 1.85. The van der Waals surface area contributed by atoms with E-state index in [9.17, 15) is 15.3 Å². The zero-order valence-electron chi connectivity index (χ0n) is 13.7. The maximum atomic E-state index is 10.5. The Hall–Kier alpha value is -0.380. The van der Waals surface area contributed by atoms with Gasteiger partial charge in [-0.15, -0.1) is 0 Å². The van der Waals surface area contributed by atoms with Crippen LogP contribution in [0.3, 0.4) is 0 Å². The molecule has 0 saturated heterocycles. The smallest absolute Gasteiger partial charge is 0.0724 e. The molecule has 0 aromatic carbocycles. The standard InChI is InChI=1S/C19H30O3/c1-18-8-7-16-14(15(18)4-5-17(18)22)3-2-12-10-13(21)6-9-19(12,16)11-20/h10,13-17,20-22H,2-9,11H2,1H3/t13-,14+,15+,16+,17+,18+,19-/m1/s1. The molecule has 3 heteroatoms. The lowest BCUT2D eigenvalue weighted by molar-refractivity contribution is -0.0933. The Labute approximate surface area is 133 Å². The molecule has 0 bridgehead atoms. The molecule has 3 fully saturated rings. The summed E-state index contributed by atoms with van der Waals surface area (Å²) < 4.78 is 0. The van der Waals surface area contributed by atoms with Crippen LogP contribution >= 0.6 is 0 Å². The number of rotatable bonds is 1. The predicted molar refractivity (Wildman–Crippen MR) is 85.1 cm³/mol. The minimum Gasteiger partial charge on any atom is -0.395 e. The van der Waals surface area contributed by atoms with Crippen LogP contribution in [-0.4, -0.2) is 34.1 Å². The summed E-state index contributed by atoms with van der Waals surface area (Å²) in [4.78, 5) is 0. The fourth-order valence-corrected chi connectivity index (χ4v) is 6.77. The number of hydrogen-bond donors (Lipinski definition) is 3. The van der Waals surface area contributed by atoms with Gasteiger partial charge in [-0.05, 0) is 74.5 Å². The van der Waals surface area contributed by atoms with Gasteiger partial charge < -0.3 is 15.3 Å². The number of hydrogen-bond acceptors (Lipinski definition) is 3. The van der Waals surface area contributed by atoms with Gasteiger partial charge in [0, 0.05) is 5.41 Å². The molecule has 0 heterocycles. The van der Waals surface area contributed by atoms with Gasteiger partial charge in [0.05, 0.1) is 18.8 Å². The average molecular weight is 306 g/mol. The summed E-state index contributed by atoms with van der Waals surface area (Å²) in [7, 11) is 0. The Morgan fingerprint density at radius 3 is 2.64 bits per heavy atom. The fourth-order valence-electron chi connectivity index (χ4n) is 6.77. The lowest BCUT2D eigenvalue weighted by Crippen LogP contribution is -2.53. The van der Waals surface area contributed by atoms with E-state index < -0.39 is 0 Å². The summed E-state index contributed by atoms with van der Waals surface area (Å²) in [6.45, 7) is 2.53. The Kier molecular flexibility index (Phi) is 3.49. The molecule has 3 saturated carbocycles. The molecular formula is C19H30O3. The first-order valence-corrected chi connectivity index (χ1v) is 9.19. The van der Waals surface area contributed by atoms with E-state index in [1.54, 1.807) is 0 Å². The molecular weight excluding hydrogens is 276 g/mol. The molecule has 4 aliphatic carbocycles. The fraction of sp³-hybridized carbons (Fsp3) is 0.895. The van der Waals surface area contributed by atoms with E-state index in [1.807, 2.05) is 6.08 Å². The highest BCUT2D eigenvalue weighted by Crippen LogP contribution is 2.65. The van der Waals surface area contributed by atoms with Crippen molar-refractivity contribution in [2.24, 2.45) is 28.6 Å². The van der Waals surface area contributed by atoms with E-state index in [2.05, 4.69) is 6.92 Å². The normalized spacial score (nSPS) is 54.2. The highest BCUT2D eigenvalue weighted by atomic mass is 16.3. The second-order valence-electron chi connectivity index (χ2n) is 8.67. The van der Waals surface area contributed by atoms with Crippen molar-refractivity contribution in [1.29, 1.82) is 0 Å². The molecule has 3 nitrogen and oxygen atoms in total. The lowest BCUT2D eigenvalue weighted by atomic mass is 9.47. The van der Waals surface area contributed by atoms with E-state index in [1.165, 1.54) is 12.0 Å². The summed E-state index contributed by atoms with van der Waals surface area (Å²) in [6.07, 6.45) is 9.87. The average Bonchev–Trinajstić information content (AvgIpc) is 2.82. The van der Waals surface area contributed by atoms with Gasteiger partial charge in [0.1, 0.15) is 0 Å². The van der Waals surface area contributed by atoms with Crippen molar-refractivity contribution in [2.45, 2.75) is 70.5 Å². The molecule has 7 atom stereocenters. The highest BCUT2D eigenvalue weighted by molar-refractivity contribution is 5.26. The third-order valence-corrected chi connectivity index (χ3v) is 8.05. The van der Waals surface area contributed by atoms with Crippen molar-refractivity contribution in [3.8, 4) is 0 Å². The van der Waals surface area contributed by atoms with Gasteiger partial charge in [0.2, 0.25) is 0 Å². The zero-order valence-corrected chi connectivity index (χ0v) is 13.7. The summed E-state index contributed by atoms with van der Waals surface area (Å²) >= 11 is 0. The molecule has 0 amide bonds. The Morgan fingerprint density at radius 1 is 1.05 bits per heavy atom. The summed E-state index contributed by atoms with van der Waals surface area (Å²) in [5.41, 5.74) is 1.36. The van der Waals surface area contributed by atoms with Gasteiger partial charge in [-0.1, -0.05) is 18.6 Å². The molecule has 3 N–H and O–H groups in total. The van der Waals surface area contributed by atoms with Gasteiger partial charge >= 0.3 is 0 Å². The van der Waals surface area contributed by atoms with Crippen molar-refractivity contribution in [1.82, 2.24) is 0 Å². The molecule has 0 aliphatic heterocycles. The molecule has 4 rings (SSSR count). The van der Waals surface area contributed by atoms with Crippen molar-refractivity contribution in [2.75, 3.05) is 6.61 Å². The molecule has 0 radical (unpaired) electrons. The minimum absolute atomic E-state index is 0.0724. The Morgan fingerprint density at radius 2 is 1.86 bits per heavy atom. The summed E-state index contributed by atoms with van der Waals surface area (Å²) in [5, 5.41) is 30.7. The molecule has 4 aliphatic rings. The van der Waals surface area contributed by atoms with Crippen LogP contribution in [0.2, 0.25) is 0 Å². The van der Waals surface area contributed by atoms with Crippen LogP contribution < -0.4 is 0 Å². The lowest BCUT2D eigenvalue weighted by Gasteiger charge is -2.58. The van der Waals surface area contributed by atoms with Crippen molar-refractivity contribution >= 4 is 0 Å². The zero-order chi connectivity index (χ0) is 15.5. The van der Waals surface area contributed by atoms with E-state index in [4.69, 9.17) is 0 Å². The van der Waals surface area contributed by atoms with Gasteiger partial charge in [0.25, 0.3) is 0 Å². The first kappa shape index (κ1) is 15.2. The Balaban J connectivity index is 1.70. The van der Waals surface area contributed by atoms with Crippen molar-refractivity contribution in [3.63, 3.8) is 0 Å². The van der Waals surface area contributed by atoms with Gasteiger partial charge in [-0.2, -0.15) is 0 Å². The van der Waals surface area contributed by atoms with E-state index >= 15 is 0 Å². The second kappa shape index (κ2) is 5.06. The van der Waals surface area contributed by atoms with Crippen molar-refractivity contribution in [3.05, 3.63) is 11.6 Å². The van der Waals surface area contributed by atoms with Crippen LogP contribution in [0.25, 0.3) is 0 Å². The number of aliphatic hydroxyl groups excluding tert-OH is 3. The topological polar surface area (TPSA) is 60.7 Å². The summed E-state index contributed by atoms with van der Waals surface area (Å²) in [6, 6.07) is 0. The van der Waals surface area contributed by atoms with Crippen LogP contribution in [0.15, 0.2) is 11.6 Å². The number of aliphatic hydroxyl groups is 3. The van der Waals surface area contributed by atoms with Gasteiger partial charge in [-0.25, -0.2) is 0 Å². The van der Waals surface area contributed by atoms with Crippen LogP contribution in [0, 0.1) is 28.6 Å². The van der Waals surface area contributed by atoms with E-state index in [0.29, 0.717) is 17.8 Å². The quantitative estimate of drug-likeness (QED) is 0.653. The molecule has 22 heavy (non-hydrogen) atoms. The summed E-state index contributed by atoms with van der Waals surface area (Å²) in [5.74, 6) is 1.82. The molecule has 0 aromatic heterocycles. The van der Waals surface area contributed by atoms with Crippen molar-refractivity contribution < 1.29 is 15.3 Å². The van der Waals surface area contributed by atoms with E-state index in [-0.39, 0.29) is 29.6 Å². The van der Waals surface area contributed by atoms with Crippen LogP contribution in [0.1, 0.15) is 58.3 Å². The van der Waals surface area contributed by atoms with Crippen LogP contribution in [0.5, 0.6) is 0 Å². The monoisotopic (exact) mass is 306 g/mol. The minimum atomic E-state index is -0.312. The van der Waals surface area contributed by atoms with Gasteiger partial charge in [-0.3, -0.25) is 0 Å². The second-order valence-corrected chi connectivity index (χ2v) is 8.67. The highest BCUT2D eigenvalue weighted by Gasteiger charge is 2.59. The first-order valence-electron chi connectivity index (χ1n) is 9.19. The molecule has 0 aromatic rings. The largest absolute Gasteiger partial charge is 0.395 e. The molecule has 0 spiro atoms.